The van der Waals surface area contributed by atoms with E-state index in [0.717, 1.165) is 31.7 Å². The van der Waals surface area contributed by atoms with Gasteiger partial charge in [-0.2, -0.15) is 0 Å². The number of carbonyl (C=O) groups excluding carboxylic acids is 1. The zero-order valence-electron chi connectivity index (χ0n) is 13.6. The molecule has 0 radical (unpaired) electrons. The molecule has 122 valence electrons. The van der Waals surface area contributed by atoms with Gasteiger partial charge in [0.1, 0.15) is 0 Å². The highest BCUT2D eigenvalue weighted by atomic mass is 16.5. The Morgan fingerprint density at radius 2 is 1.86 bits per heavy atom. The summed E-state index contributed by atoms with van der Waals surface area (Å²) in [5.41, 5.74) is 7.40. The van der Waals surface area contributed by atoms with E-state index in [-0.39, 0.29) is 5.91 Å². The third-order valence-electron chi connectivity index (χ3n) is 4.04. The van der Waals surface area contributed by atoms with Crippen LogP contribution in [-0.4, -0.2) is 63.2 Å². The molecule has 1 saturated heterocycles. The van der Waals surface area contributed by atoms with Crippen LogP contribution in [0.4, 0.5) is 5.69 Å². The van der Waals surface area contributed by atoms with Crippen LogP contribution < -0.4 is 15.2 Å². The summed E-state index contributed by atoms with van der Waals surface area (Å²) in [5, 5.41) is 0. The Hall–Kier alpha value is -1.95. The lowest BCUT2D eigenvalue weighted by molar-refractivity contribution is -0.132. The highest BCUT2D eigenvalue weighted by molar-refractivity contribution is 5.77. The van der Waals surface area contributed by atoms with Crippen molar-refractivity contribution in [3.05, 3.63) is 17.7 Å². The van der Waals surface area contributed by atoms with Gasteiger partial charge in [-0.1, -0.05) is 0 Å². The molecule has 1 aliphatic heterocycles. The Morgan fingerprint density at radius 1 is 1.18 bits per heavy atom. The van der Waals surface area contributed by atoms with E-state index in [0.29, 0.717) is 30.0 Å². The number of rotatable bonds is 5. The molecule has 0 aromatic heterocycles. The molecule has 2 rings (SSSR count). The van der Waals surface area contributed by atoms with E-state index < -0.39 is 0 Å². The molecule has 0 atom stereocenters. The molecule has 22 heavy (non-hydrogen) atoms. The Labute approximate surface area is 131 Å². The number of amides is 1. The van der Waals surface area contributed by atoms with E-state index >= 15 is 0 Å². The topological polar surface area (TPSA) is 68.0 Å². The molecule has 1 aromatic carbocycles. The van der Waals surface area contributed by atoms with Crippen LogP contribution in [0.25, 0.3) is 0 Å². The van der Waals surface area contributed by atoms with Crippen molar-refractivity contribution >= 4 is 11.6 Å². The molecule has 1 heterocycles. The summed E-state index contributed by atoms with van der Waals surface area (Å²) in [5.74, 6) is 1.43. The number of nitrogens with two attached hydrogens (primary N) is 1. The van der Waals surface area contributed by atoms with Crippen molar-refractivity contribution in [1.82, 2.24) is 9.80 Å². The van der Waals surface area contributed by atoms with Crippen molar-refractivity contribution in [1.29, 1.82) is 0 Å². The zero-order valence-corrected chi connectivity index (χ0v) is 13.6. The quantitative estimate of drug-likeness (QED) is 0.822. The first-order valence-electron chi connectivity index (χ1n) is 7.52. The maximum atomic E-state index is 12.3. The van der Waals surface area contributed by atoms with Crippen LogP contribution in [0.3, 0.4) is 0 Å². The summed E-state index contributed by atoms with van der Waals surface area (Å²) in [4.78, 5) is 16.5. The minimum atomic E-state index is 0.177. The van der Waals surface area contributed by atoms with Crippen LogP contribution in [0, 0.1) is 0 Å². The fourth-order valence-corrected chi connectivity index (χ4v) is 2.71. The summed E-state index contributed by atoms with van der Waals surface area (Å²) in [7, 11) is 5.25. The molecule has 0 aliphatic carbocycles. The first kappa shape index (κ1) is 16.4. The van der Waals surface area contributed by atoms with E-state index in [1.807, 2.05) is 11.0 Å². The molecule has 0 spiro atoms. The first-order chi connectivity index (χ1) is 10.5. The zero-order chi connectivity index (χ0) is 16.1. The Kier molecular flexibility index (Phi) is 5.49. The standard InChI is InChI=1S/C16H25N3O3/c1-18-6-8-19(9-7-18)15(20)5-4-12-10-13(17)11-14(21-2)16(12)22-3/h10-11H,4-9,17H2,1-3H3. The number of methoxy groups -OCH3 is 2. The van der Waals surface area contributed by atoms with E-state index in [1.54, 1.807) is 20.3 Å². The van der Waals surface area contributed by atoms with Crippen molar-refractivity contribution in [3.63, 3.8) is 0 Å². The van der Waals surface area contributed by atoms with E-state index in [2.05, 4.69) is 11.9 Å². The van der Waals surface area contributed by atoms with Gasteiger partial charge in [-0.25, -0.2) is 0 Å². The number of likely N-dealkylation sites (N-methyl/N-ethyl adjacent to an activating group) is 1. The average Bonchev–Trinajstić information content (AvgIpc) is 2.52. The van der Waals surface area contributed by atoms with Crippen molar-refractivity contribution in [3.8, 4) is 11.5 Å². The average molecular weight is 307 g/mol. The summed E-state index contributed by atoms with van der Waals surface area (Å²) >= 11 is 0. The van der Waals surface area contributed by atoms with Gasteiger partial charge in [0.25, 0.3) is 0 Å². The number of nitrogens with zero attached hydrogens (tertiary/aromatic N) is 2. The lowest BCUT2D eigenvalue weighted by atomic mass is 10.1. The SMILES string of the molecule is COc1cc(N)cc(CCC(=O)N2CCN(C)CC2)c1OC. The molecule has 1 fully saturated rings. The van der Waals surface area contributed by atoms with Crippen LogP contribution in [0.1, 0.15) is 12.0 Å². The highest BCUT2D eigenvalue weighted by Gasteiger charge is 2.20. The molecule has 6 nitrogen and oxygen atoms in total. The molecule has 6 heteroatoms. The predicted octanol–water partition coefficient (Wildman–Crippen LogP) is 0.993. The summed E-state index contributed by atoms with van der Waals surface area (Å²) in [6.07, 6.45) is 1.04. The van der Waals surface area contributed by atoms with Gasteiger partial charge in [0, 0.05) is 49.9 Å². The largest absolute Gasteiger partial charge is 0.493 e. The Morgan fingerprint density at radius 3 is 2.45 bits per heavy atom. The second kappa shape index (κ2) is 7.35. The third-order valence-corrected chi connectivity index (χ3v) is 4.04. The molecule has 0 bridgehead atoms. The van der Waals surface area contributed by atoms with Crippen molar-refractivity contribution < 1.29 is 14.3 Å². The summed E-state index contributed by atoms with van der Waals surface area (Å²) in [6, 6.07) is 3.57. The molecular weight excluding hydrogens is 282 g/mol. The maximum Gasteiger partial charge on any atom is 0.222 e. The van der Waals surface area contributed by atoms with Gasteiger partial charge in [-0.3, -0.25) is 4.79 Å². The van der Waals surface area contributed by atoms with Gasteiger partial charge < -0.3 is 25.0 Å². The number of piperazine rings is 1. The molecule has 0 saturated carbocycles. The van der Waals surface area contributed by atoms with E-state index in [1.165, 1.54) is 0 Å². The number of ether oxygens (including phenoxy) is 2. The van der Waals surface area contributed by atoms with Crippen LogP contribution in [0.2, 0.25) is 0 Å². The normalized spacial score (nSPS) is 15.7. The van der Waals surface area contributed by atoms with Crippen molar-refractivity contribution in [2.24, 2.45) is 0 Å². The lowest BCUT2D eigenvalue weighted by Gasteiger charge is -2.32. The number of carbonyl (C=O) groups is 1. The molecule has 1 aromatic rings. The fraction of sp³-hybridized carbons (Fsp3) is 0.562. The van der Waals surface area contributed by atoms with Crippen LogP contribution >= 0.6 is 0 Å². The second-order valence-corrected chi connectivity index (χ2v) is 5.60. The summed E-state index contributed by atoms with van der Waals surface area (Å²) < 4.78 is 10.7. The van der Waals surface area contributed by atoms with Crippen LogP contribution in [0.5, 0.6) is 11.5 Å². The first-order valence-corrected chi connectivity index (χ1v) is 7.52. The monoisotopic (exact) mass is 307 g/mol. The lowest BCUT2D eigenvalue weighted by Crippen LogP contribution is -2.47. The predicted molar refractivity (Wildman–Crippen MR) is 86.4 cm³/mol. The minimum absolute atomic E-state index is 0.177. The number of nitrogen functional groups attached to an aromatic ring is 1. The molecular formula is C16H25N3O3. The molecule has 1 amide bonds. The Balaban J connectivity index is 2.02. The molecule has 1 aliphatic rings. The number of benzene rings is 1. The van der Waals surface area contributed by atoms with Crippen molar-refractivity contribution in [2.45, 2.75) is 12.8 Å². The Bertz CT molecular complexity index is 526. The number of hydrogen-bond acceptors (Lipinski definition) is 5. The van der Waals surface area contributed by atoms with Gasteiger partial charge >= 0.3 is 0 Å². The van der Waals surface area contributed by atoms with Gasteiger partial charge in [0.2, 0.25) is 5.91 Å². The van der Waals surface area contributed by atoms with E-state index in [4.69, 9.17) is 15.2 Å². The van der Waals surface area contributed by atoms with Gasteiger partial charge in [-0.05, 0) is 19.5 Å². The number of anilines is 1. The molecule has 0 unspecified atom stereocenters. The fourth-order valence-electron chi connectivity index (χ4n) is 2.71. The van der Waals surface area contributed by atoms with Gasteiger partial charge in [0.15, 0.2) is 11.5 Å². The van der Waals surface area contributed by atoms with Crippen molar-refractivity contribution in [2.75, 3.05) is 53.2 Å². The summed E-state index contributed by atoms with van der Waals surface area (Å²) in [6.45, 7) is 3.46. The molecule has 2 N–H and O–H groups in total. The van der Waals surface area contributed by atoms with Crippen LogP contribution in [0.15, 0.2) is 12.1 Å². The second-order valence-electron chi connectivity index (χ2n) is 5.60. The van der Waals surface area contributed by atoms with Gasteiger partial charge in [-0.15, -0.1) is 0 Å². The number of hydrogen-bond donors (Lipinski definition) is 1. The van der Waals surface area contributed by atoms with Crippen LogP contribution in [-0.2, 0) is 11.2 Å². The van der Waals surface area contributed by atoms with E-state index in [9.17, 15) is 4.79 Å². The number of aryl methyl sites for hydroxylation is 1. The smallest absolute Gasteiger partial charge is 0.222 e. The third kappa shape index (κ3) is 3.82. The van der Waals surface area contributed by atoms with Gasteiger partial charge in [0.05, 0.1) is 14.2 Å². The highest BCUT2D eigenvalue weighted by Crippen LogP contribution is 2.34. The minimum Gasteiger partial charge on any atom is -0.493 e. The maximum absolute atomic E-state index is 12.3.